The van der Waals surface area contributed by atoms with Gasteiger partial charge in [-0.2, -0.15) is 21.9 Å². The number of carbonyl (C=O) groups excluding carboxylic acids is 1. The molecule has 0 bridgehead atoms. The number of ether oxygens (including phenoxy) is 2. The molecular weight excluding hydrogens is 450 g/mol. The SMILES string of the molecule is CCOC(=O)/C(C)=N/Nc1ccc(Oc2ccc(C)nc2)cc1OS(C)(=O)=O.O=S=O. The van der Waals surface area contributed by atoms with Crippen LogP contribution < -0.4 is 14.3 Å². The minimum atomic E-state index is -3.81. The molecule has 1 aromatic heterocycles. The smallest absolute Gasteiger partial charge is 0.354 e. The first-order valence-corrected chi connectivity index (χ1v) is 11.1. The topological polar surface area (TPSA) is 150 Å². The van der Waals surface area contributed by atoms with Crippen molar-refractivity contribution in [1.29, 1.82) is 0 Å². The molecule has 0 aliphatic rings. The summed E-state index contributed by atoms with van der Waals surface area (Å²) in [4.78, 5) is 15.7. The van der Waals surface area contributed by atoms with Crippen LogP contribution in [0.2, 0.25) is 0 Å². The maximum atomic E-state index is 11.6. The molecule has 13 heteroatoms. The Kier molecular flexibility index (Phi) is 10.3. The minimum absolute atomic E-state index is 0.0412. The molecule has 0 unspecified atom stereocenters. The molecule has 0 saturated carbocycles. The van der Waals surface area contributed by atoms with E-state index in [9.17, 15) is 13.2 Å². The first-order chi connectivity index (χ1) is 14.6. The molecule has 11 nitrogen and oxygen atoms in total. The van der Waals surface area contributed by atoms with E-state index in [1.165, 1.54) is 19.1 Å². The van der Waals surface area contributed by atoms with Crippen LogP contribution >= 0.6 is 0 Å². The second-order valence-corrected chi connectivity index (χ2v) is 7.49. The molecule has 168 valence electrons. The van der Waals surface area contributed by atoms with Crippen molar-refractivity contribution in [2.24, 2.45) is 5.10 Å². The number of esters is 1. The molecule has 0 aliphatic carbocycles. The summed E-state index contributed by atoms with van der Waals surface area (Å²) in [7, 11) is -3.81. The lowest BCUT2D eigenvalue weighted by Crippen LogP contribution is -2.15. The Morgan fingerprint density at radius 2 is 1.84 bits per heavy atom. The number of nitrogens with one attached hydrogen (secondary N) is 1. The van der Waals surface area contributed by atoms with Crippen molar-refractivity contribution in [3.05, 3.63) is 42.2 Å². The molecule has 1 heterocycles. The van der Waals surface area contributed by atoms with Crippen molar-refractivity contribution < 1.29 is 35.3 Å². The van der Waals surface area contributed by atoms with Gasteiger partial charge >= 0.3 is 27.7 Å². The van der Waals surface area contributed by atoms with Gasteiger partial charge in [0.25, 0.3) is 0 Å². The molecule has 0 fully saturated rings. The summed E-state index contributed by atoms with van der Waals surface area (Å²) in [6.45, 7) is 5.21. The molecule has 0 atom stereocenters. The van der Waals surface area contributed by atoms with Crippen LogP contribution in [0.4, 0.5) is 5.69 Å². The monoisotopic (exact) mass is 471 g/mol. The minimum Gasteiger partial charge on any atom is -0.461 e. The van der Waals surface area contributed by atoms with Gasteiger partial charge < -0.3 is 13.7 Å². The number of hydrazone groups is 1. The van der Waals surface area contributed by atoms with Gasteiger partial charge in [0.2, 0.25) is 0 Å². The Hall–Kier alpha value is -3.32. The molecule has 1 aromatic carbocycles. The van der Waals surface area contributed by atoms with E-state index in [1.54, 1.807) is 31.3 Å². The van der Waals surface area contributed by atoms with Gasteiger partial charge in [0.1, 0.15) is 22.9 Å². The van der Waals surface area contributed by atoms with E-state index in [0.717, 1.165) is 11.9 Å². The zero-order chi connectivity index (χ0) is 23.4. The highest BCUT2D eigenvalue weighted by atomic mass is 32.2. The van der Waals surface area contributed by atoms with Gasteiger partial charge in [-0.3, -0.25) is 10.4 Å². The highest BCUT2D eigenvalue weighted by molar-refractivity contribution is 7.86. The Labute approximate surface area is 183 Å². The van der Waals surface area contributed by atoms with Gasteiger partial charge in [-0.05, 0) is 45.0 Å². The maximum absolute atomic E-state index is 11.6. The average Bonchev–Trinajstić information content (AvgIpc) is 2.68. The van der Waals surface area contributed by atoms with Crippen LogP contribution in [-0.4, -0.2) is 46.4 Å². The number of benzene rings is 1. The molecule has 0 aliphatic heterocycles. The second kappa shape index (κ2) is 12.4. The summed E-state index contributed by atoms with van der Waals surface area (Å²) < 4.78 is 55.2. The van der Waals surface area contributed by atoms with E-state index in [-0.39, 0.29) is 23.8 Å². The molecule has 1 N–H and O–H groups in total. The fourth-order valence-corrected chi connectivity index (χ4v) is 2.43. The normalized spacial score (nSPS) is 10.9. The van der Waals surface area contributed by atoms with Crippen LogP contribution in [0.5, 0.6) is 17.2 Å². The van der Waals surface area contributed by atoms with Crippen molar-refractivity contribution in [3.63, 3.8) is 0 Å². The molecule has 31 heavy (non-hydrogen) atoms. The van der Waals surface area contributed by atoms with Crippen LogP contribution in [0.15, 0.2) is 41.6 Å². The zero-order valence-electron chi connectivity index (χ0n) is 17.1. The van der Waals surface area contributed by atoms with E-state index >= 15 is 0 Å². The summed E-state index contributed by atoms with van der Waals surface area (Å²) in [5.74, 6) is 0.182. The van der Waals surface area contributed by atoms with Crippen molar-refractivity contribution in [2.45, 2.75) is 20.8 Å². The van der Waals surface area contributed by atoms with E-state index in [4.69, 9.17) is 22.1 Å². The standard InChI is InChI=1S/C18H21N3O6S.O2S/c1-5-25-18(22)13(3)20-21-16-9-8-14(10-17(16)27-28(4,23)24)26-15-7-6-12(2)19-11-15;1-3-2/h6-11,21H,5H2,1-4H3;/b20-13+;. The summed E-state index contributed by atoms with van der Waals surface area (Å²) in [6.07, 6.45) is 2.47. The number of rotatable bonds is 8. The van der Waals surface area contributed by atoms with E-state index in [0.29, 0.717) is 11.5 Å². The Balaban J connectivity index is 0.00000151. The van der Waals surface area contributed by atoms with Crippen molar-refractivity contribution in [1.82, 2.24) is 4.98 Å². The van der Waals surface area contributed by atoms with Crippen LogP contribution in [0.25, 0.3) is 0 Å². The van der Waals surface area contributed by atoms with Crippen molar-refractivity contribution in [3.8, 4) is 17.2 Å². The number of carbonyl (C=O) groups is 1. The third kappa shape index (κ3) is 9.82. The first kappa shape index (κ1) is 25.7. The third-order valence-corrected chi connectivity index (χ3v) is 3.71. The van der Waals surface area contributed by atoms with Crippen molar-refractivity contribution >= 4 is 39.1 Å². The number of aromatic nitrogens is 1. The molecule has 2 aromatic rings. The fourth-order valence-electron chi connectivity index (χ4n) is 1.97. The lowest BCUT2D eigenvalue weighted by molar-refractivity contribution is -0.135. The van der Waals surface area contributed by atoms with Crippen LogP contribution in [0.1, 0.15) is 19.5 Å². The molecule has 0 radical (unpaired) electrons. The molecule has 0 spiro atoms. The Morgan fingerprint density at radius 1 is 1.19 bits per heavy atom. The quantitative estimate of drug-likeness (QED) is 0.263. The van der Waals surface area contributed by atoms with Gasteiger partial charge in [-0.25, -0.2) is 4.79 Å². The Bertz CT molecular complexity index is 1060. The number of hydrogen-bond acceptors (Lipinski definition) is 11. The molecular formula is C18H21N3O8S2. The molecule has 0 amide bonds. The summed E-state index contributed by atoms with van der Waals surface area (Å²) >= 11 is -0.750. The summed E-state index contributed by atoms with van der Waals surface area (Å²) in [5, 5.41) is 3.89. The summed E-state index contributed by atoms with van der Waals surface area (Å²) in [6, 6.07) is 8.01. The predicted octanol–water partition coefficient (Wildman–Crippen LogP) is 2.20. The largest absolute Gasteiger partial charge is 0.461 e. The molecule has 0 saturated heterocycles. The van der Waals surface area contributed by atoms with Gasteiger partial charge in [-0.1, -0.05) is 0 Å². The second-order valence-electron chi connectivity index (χ2n) is 5.78. The van der Waals surface area contributed by atoms with E-state index in [1.807, 2.05) is 6.92 Å². The lowest BCUT2D eigenvalue weighted by atomic mass is 10.3. The van der Waals surface area contributed by atoms with Crippen LogP contribution in [-0.2, 0) is 31.2 Å². The highest BCUT2D eigenvalue weighted by Crippen LogP contribution is 2.32. The number of pyridine rings is 1. The Morgan fingerprint density at radius 3 is 2.39 bits per heavy atom. The lowest BCUT2D eigenvalue weighted by Gasteiger charge is -2.12. The van der Waals surface area contributed by atoms with Gasteiger partial charge in [0.15, 0.2) is 5.75 Å². The number of anilines is 1. The van der Waals surface area contributed by atoms with Gasteiger partial charge in [0, 0.05) is 11.8 Å². The van der Waals surface area contributed by atoms with E-state index < -0.39 is 27.7 Å². The zero-order valence-corrected chi connectivity index (χ0v) is 18.8. The highest BCUT2D eigenvalue weighted by Gasteiger charge is 2.13. The van der Waals surface area contributed by atoms with Gasteiger partial charge in [0.05, 0.1) is 19.1 Å². The number of hydrogen-bond donors (Lipinski definition) is 1. The van der Waals surface area contributed by atoms with Gasteiger partial charge in [-0.15, -0.1) is 0 Å². The summed E-state index contributed by atoms with van der Waals surface area (Å²) in [5.41, 5.74) is 3.73. The van der Waals surface area contributed by atoms with E-state index in [2.05, 4.69) is 15.5 Å². The third-order valence-electron chi connectivity index (χ3n) is 3.23. The number of nitrogens with zero attached hydrogens (tertiary/aromatic N) is 2. The molecule has 2 rings (SSSR count). The average molecular weight is 472 g/mol. The predicted molar refractivity (Wildman–Crippen MR) is 113 cm³/mol. The van der Waals surface area contributed by atoms with Crippen LogP contribution in [0.3, 0.4) is 0 Å². The van der Waals surface area contributed by atoms with Crippen molar-refractivity contribution in [2.75, 3.05) is 18.3 Å². The fraction of sp³-hybridized carbons (Fsp3) is 0.278. The van der Waals surface area contributed by atoms with Crippen LogP contribution in [0, 0.1) is 6.92 Å². The number of aryl methyl sites for hydroxylation is 1. The first-order valence-electron chi connectivity index (χ1n) is 8.62. The maximum Gasteiger partial charge on any atom is 0.354 e.